The highest BCUT2D eigenvalue weighted by Gasteiger charge is 2.38. The Bertz CT molecular complexity index is 839. The smallest absolute Gasteiger partial charge is 0.330 e. The number of carbonyl (C=O) groups excluding carboxylic acids is 6. The van der Waals surface area contributed by atoms with Gasteiger partial charge in [-0.1, -0.05) is 39.5 Å². The van der Waals surface area contributed by atoms with E-state index in [0.717, 1.165) is 36.5 Å². The summed E-state index contributed by atoms with van der Waals surface area (Å²) in [5, 5.41) is 0. The highest BCUT2D eigenvalue weighted by atomic mass is 16.6. The topological polar surface area (TPSA) is 167 Å². The highest BCUT2D eigenvalue weighted by Crippen LogP contribution is 2.27. The van der Waals surface area contributed by atoms with Crippen LogP contribution in [0.1, 0.15) is 6.42 Å². The lowest BCUT2D eigenvalue weighted by atomic mass is 9.87. The van der Waals surface area contributed by atoms with Crippen molar-refractivity contribution in [2.45, 2.75) is 6.42 Å². The summed E-state index contributed by atoms with van der Waals surface area (Å²) >= 11 is 0. The molecule has 0 heterocycles. The number of rotatable bonds is 23. The monoisotopic (exact) mass is 592 g/mol. The maximum Gasteiger partial charge on any atom is 0.330 e. The Labute approximate surface area is 244 Å². The molecule has 0 aromatic carbocycles. The fourth-order valence-electron chi connectivity index (χ4n) is 2.87. The summed E-state index contributed by atoms with van der Waals surface area (Å²) in [5.41, 5.74) is -2.71. The van der Waals surface area contributed by atoms with E-state index in [1.54, 1.807) is 0 Å². The lowest BCUT2D eigenvalue weighted by molar-refractivity contribution is -0.166. The molecule has 13 nitrogen and oxygen atoms in total. The molecule has 0 rings (SSSR count). The fourth-order valence-corrected chi connectivity index (χ4v) is 2.87. The summed E-state index contributed by atoms with van der Waals surface area (Å²) in [6.45, 7) is 17.0. The summed E-state index contributed by atoms with van der Waals surface area (Å²) in [4.78, 5) is 70.8. The molecule has 42 heavy (non-hydrogen) atoms. The van der Waals surface area contributed by atoms with Gasteiger partial charge in [-0.05, 0) is 6.42 Å². The highest BCUT2D eigenvalue weighted by molar-refractivity contribution is 5.83. The molecule has 0 aliphatic carbocycles. The first-order valence-electron chi connectivity index (χ1n) is 12.3. The quantitative estimate of drug-likeness (QED) is 0.0729. The van der Waals surface area contributed by atoms with Crippen molar-refractivity contribution in [1.82, 2.24) is 0 Å². The predicted molar refractivity (Wildman–Crippen MR) is 147 cm³/mol. The summed E-state index contributed by atoms with van der Waals surface area (Å²) in [6, 6.07) is 0. The van der Waals surface area contributed by atoms with Gasteiger partial charge in [-0.15, -0.1) is 0 Å². The zero-order chi connectivity index (χ0) is 32.0. The molecule has 0 aliphatic heterocycles. The minimum atomic E-state index is -1.40. The lowest BCUT2D eigenvalue weighted by Crippen LogP contribution is -2.44. The Kier molecular flexibility index (Phi) is 17.9. The summed E-state index contributed by atoms with van der Waals surface area (Å²) in [6.07, 6.45) is 5.44. The van der Waals surface area contributed by atoms with E-state index in [4.69, 9.17) is 33.2 Å². The molecule has 0 atom stereocenters. The van der Waals surface area contributed by atoms with Gasteiger partial charge in [0.05, 0.1) is 17.4 Å². The minimum Gasteiger partial charge on any atom is -0.462 e. The van der Waals surface area contributed by atoms with Crippen molar-refractivity contribution in [3.05, 3.63) is 75.9 Å². The van der Waals surface area contributed by atoms with E-state index in [1.165, 1.54) is 0 Å². The third-order valence-corrected chi connectivity index (χ3v) is 5.31. The van der Waals surface area contributed by atoms with Crippen LogP contribution in [0.4, 0.5) is 0 Å². The predicted octanol–water partition coefficient (Wildman–Crippen LogP) is 1.74. The first kappa shape index (κ1) is 37.2. The summed E-state index contributed by atoms with van der Waals surface area (Å²) in [5.74, 6) is -4.79. The van der Waals surface area contributed by atoms with E-state index in [9.17, 15) is 28.8 Å². The molecule has 0 amide bonds. The molecular weight excluding hydrogens is 556 g/mol. The van der Waals surface area contributed by atoms with E-state index < -0.39 is 66.5 Å². The first-order valence-corrected chi connectivity index (χ1v) is 12.3. The van der Waals surface area contributed by atoms with Gasteiger partial charge in [0.2, 0.25) is 0 Å². The van der Waals surface area contributed by atoms with Crippen LogP contribution in [-0.2, 0) is 61.9 Å². The van der Waals surface area contributed by atoms with Crippen LogP contribution in [0.5, 0.6) is 0 Å². The number of carbonyl (C=O) groups is 6. The molecule has 0 aromatic heterocycles. The van der Waals surface area contributed by atoms with Crippen molar-refractivity contribution in [3.63, 3.8) is 0 Å². The molecule has 0 unspecified atom stereocenters. The van der Waals surface area contributed by atoms with E-state index in [-0.39, 0.29) is 39.5 Å². The molecule has 0 spiro atoms. The average molecular weight is 593 g/mol. The maximum absolute atomic E-state index is 11.8. The average Bonchev–Trinajstić information content (AvgIpc) is 3.02. The second-order valence-corrected chi connectivity index (χ2v) is 8.67. The van der Waals surface area contributed by atoms with Crippen molar-refractivity contribution < 1.29 is 61.9 Å². The van der Waals surface area contributed by atoms with Gasteiger partial charge < -0.3 is 33.2 Å². The van der Waals surface area contributed by atoms with Crippen LogP contribution in [0.15, 0.2) is 75.9 Å². The van der Waals surface area contributed by atoms with Gasteiger partial charge in [-0.25, -0.2) is 28.8 Å². The number of hydrogen-bond acceptors (Lipinski definition) is 13. The third-order valence-electron chi connectivity index (χ3n) is 5.31. The van der Waals surface area contributed by atoms with Gasteiger partial charge in [0.25, 0.3) is 0 Å². The molecule has 0 saturated heterocycles. The fraction of sp³-hybridized carbons (Fsp3) is 0.379. The standard InChI is InChI=1S/C29H36O13/c1-7-22(30)37-16-28(17-38-23(31)8-2,18-39-24(32)9-3)13-14-36-15-29(19-40-25(33)10-4,20-41-26(34)11-5)21-42-27(35)12-6/h7-12H,1-6,13-21H2. The van der Waals surface area contributed by atoms with E-state index in [1.807, 2.05) is 0 Å². The van der Waals surface area contributed by atoms with Gasteiger partial charge in [0.15, 0.2) is 0 Å². The molecule has 0 bridgehead atoms. The van der Waals surface area contributed by atoms with Gasteiger partial charge >= 0.3 is 35.8 Å². The number of hydrogen-bond donors (Lipinski definition) is 0. The Balaban J connectivity index is 6.07. The van der Waals surface area contributed by atoms with Crippen molar-refractivity contribution in [2.75, 3.05) is 52.9 Å². The summed E-state index contributed by atoms with van der Waals surface area (Å²) < 4.78 is 36.8. The normalized spacial score (nSPS) is 10.6. The molecule has 0 aromatic rings. The van der Waals surface area contributed by atoms with Crippen molar-refractivity contribution in [1.29, 1.82) is 0 Å². The molecule has 0 N–H and O–H groups in total. The van der Waals surface area contributed by atoms with Gasteiger partial charge in [-0.2, -0.15) is 0 Å². The molecule has 0 saturated carbocycles. The Morgan fingerprint density at radius 2 is 0.643 bits per heavy atom. The maximum atomic E-state index is 11.8. The second-order valence-electron chi connectivity index (χ2n) is 8.67. The SMILES string of the molecule is C=CC(=O)OCC(CCOCC(COC(=O)C=C)(COC(=O)C=C)COC(=O)C=C)(COC(=O)C=C)COC(=O)C=C. The van der Waals surface area contributed by atoms with Crippen LogP contribution < -0.4 is 0 Å². The van der Waals surface area contributed by atoms with Crippen LogP contribution >= 0.6 is 0 Å². The van der Waals surface area contributed by atoms with Crippen LogP contribution in [0.3, 0.4) is 0 Å². The van der Waals surface area contributed by atoms with Crippen molar-refractivity contribution in [3.8, 4) is 0 Å². The van der Waals surface area contributed by atoms with Gasteiger partial charge in [0.1, 0.15) is 39.6 Å². The van der Waals surface area contributed by atoms with Crippen LogP contribution in [0.25, 0.3) is 0 Å². The molecular formula is C29H36O13. The van der Waals surface area contributed by atoms with E-state index in [0.29, 0.717) is 0 Å². The zero-order valence-electron chi connectivity index (χ0n) is 23.4. The number of esters is 6. The van der Waals surface area contributed by atoms with Crippen LogP contribution in [-0.4, -0.2) is 88.7 Å². The first-order chi connectivity index (χ1) is 19.9. The number of ether oxygens (including phenoxy) is 7. The zero-order valence-corrected chi connectivity index (χ0v) is 23.4. The molecule has 230 valence electrons. The van der Waals surface area contributed by atoms with Gasteiger partial charge in [0, 0.05) is 43.1 Å². The second kappa shape index (κ2) is 20.2. The molecule has 0 aliphatic rings. The van der Waals surface area contributed by atoms with Crippen LogP contribution in [0.2, 0.25) is 0 Å². The largest absolute Gasteiger partial charge is 0.462 e. The van der Waals surface area contributed by atoms with Gasteiger partial charge in [-0.3, -0.25) is 0 Å². The van der Waals surface area contributed by atoms with E-state index in [2.05, 4.69) is 39.5 Å². The third kappa shape index (κ3) is 15.1. The van der Waals surface area contributed by atoms with Crippen molar-refractivity contribution >= 4 is 35.8 Å². The molecule has 0 radical (unpaired) electrons. The van der Waals surface area contributed by atoms with Crippen LogP contribution in [0, 0.1) is 10.8 Å². The Hall–Kier alpha value is -4.78. The Morgan fingerprint density at radius 3 is 0.881 bits per heavy atom. The minimum absolute atomic E-state index is 0.0340. The Morgan fingerprint density at radius 1 is 0.405 bits per heavy atom. The van der Waals surface area contributed by atoms with Crippen molar-refractivity contribution in [2.24, 2.45) is 10.8 Å². The molecule has 0 fully saturated rings. The molecule has 13 heteroatoms. The lowest BCUT2D eigenvalue weighted by Gasteiger charge is -2.34. The van der Waals surface area contributed by atoms with E-state index >= 15 is 0 Å². The summed E-state index contributed by atoms with van der Waals surface area (Å²) in [7, 11) is 0.